The van der Waals surface area contributed by atoms with Crippen LogP contribution in [0.3, 0.4) is 0 Å². The maximum atomic E-state index is 11.6. The molecule has 0 aliphatic heterocycles. The molecule has 0 spiro atoms. The fourth-order valence-corrected chi connectivity index (χ4v) is 1.79. The molecule has 1 heterocycles. The summed E-state index contributed by atoms with van der Waals surface area (Å²) in [6, 6.07) is 10.2. The first-order chi connectivity index (χ1) is 10.1. The monoisotopic (exact) mass is 285 g/mol. The highest BCUT2D eigenvalue weighted by Gasteiger charge is 2.03. The van der Waals surface area contributed by atoms with Crippen LogP contribution in [-0.4, -0.2) is 23.5 Å². The largest absolute Gasteiger partial charge is 0.478 e. The van der Waals surface area contributed by atoms with E-state index in [1.54, 1.807) is 30.3 Å². The lowest BCUT2D eigenvalue weighted by atomic mass is 10.1. The molecule has 5 heteroatoms. The quantitative estimate of drug-likeness (QED) is 0.798. The van der Waals surface area contributed by atoms with Crippen LogP contribution in [0.4, 0.5) is 0 Å². The smallest absolute Gasteiger partial charge is 0.335 e. The van der Waals surface area contributed by atoms with E-state index in [2.05, 4.69) is 5.32 Å². The van der Waals surface area contributed by atoms with E-state index in [1.807, 2.05) is 6.07 Å². The highest BCUT2D eigenvalue weighted by Crippen LogP contribution is 2.06. The molecule has 2 N–H and O–H groups in total. The highest BCUT2D eigenvalue weighted by molar-refractivity contribution is 5.91. The molecule has 1 aromatic heterocycles. The maximum absolute atomic E-state index is 11.6. The Labute approximate surface area is 121 Å². The van der Waals surface area contributed by atoms with Crippen LogP contribution in [0, 0.1) is 0 Å². The lowest BCUT2D eigenvalue weighted by molar-refractivity contribution is -0.116. The molecular formula is C16H15NO4. The van der Waals surface area contributed by atoms with Crippen LogP contribution >= 0.6 is 0 Å². The van der Waals surface area contributed by atoms with Gasteiger partial charge in [0.25, 0.3) is 0 Å². The minimum absolute atomic E-state index is 0.221. The van der Waals surface area contributed by atoms with Crippen molar-refractivity contribution in [2.45, 2.75) is 6.42 Å². The molecule has 1 amide bonds. The van der Waals surface area contributed by atoms with E-state index >= 15 is 0 Å². The summed E-state index contributed by atoms with van der Waals surface area (Å²) in [5.41, 5.74) is 1.11. The lowest BCUT2D eigenvalue weighted by Gasteiger charge is -2.03. The van der Waals surface area contributed by atoms with Crippen LogP contribution < -0.4 is 5.32 Å². The number of carboxylic acids is 1. The lowest BCUT2D eigenvalue weighted by Crippen LogP contribution is -2.23. The number of benzene rings is 1. The average Bonchev–Trinajstić information content (AvgIpc) is 2.99. The number of carboxylic acid groups (broad SMARTS) is 1. The molecule has 2 rings (SSSR count). The van der Waals surface area contributed by atoms with Crippen LogP contribution in [0.25, 0.3) is 6.08 Å². The number of furan rings is 1. The van der Waals surface area contributed by atoms with E-state index in [-0.39, 0.29) is 11.5 Å². The fourth-order valence-electron chi connectivity index (χ4n) is 1.79. The van der Waals surface area contributed by atoms with Gasteiger partial charge >= 0.3 is 5.97 Å². The van der Waals surface area contributed by atoms with Crippen LogP contribution in [0.15, 0.2) is 53.2 Å². The first-order valence-corrected chi connectivity index (χ1v) is 6.47. The van der Waals surface area contributed by atoms with Crippen molar-refractivity contribution in [1.82, 2.24) is 5.32 Å². The van der Waals surface area contributed by atoms with Crippen molar-refractivity contribution >= 4 is 18.0 Å². The topological polar surface area (TPSA) is 79.5 Å². The van der Waals surface area contributed by atoms with Crippen molar-refractivity contribution < 1.29 is 19.1 Å². The molecule has 0 saturated heterocycles. The van der Waals surface area contributed by atoms with Gasteiger partial charge in [-0.2, -0.15) is 0 Å². The van der Waals surface area contributed by atoms with E-state index in [0.29, 0.717) is 18.7 Å². The molecule has 0 aliphatic carbocycles. The molecule has 0 radical (unpaired) electrons. The first-order valence-electron chi connectivity index (χ1n) is 6.47. The third kappa shape index (κ3) is 4.65. The maximum Gasteiger partial charge on any atom is 0.335 e. The van der Waals surface area contributed by atoms with Gasteiger partial charge < -0.3 is 14.8 Å². The summed E-state index contributed by atoms with van der Waals surface area (Å²) in [5, 5.41) is 11.6. The van der Waals surface area contributed by atoms with Crippen LogP contribution in [-0.2, 0) is 11.2 Å². The Bertz CT molecular complexity index is 644. The third-order valence-electron chi connectivity index (χ3n) is 2.83. The Morgan fingerprint density at radius 3 is 2.81 bits per heavy atom. The number of carbonyl (C=O) groups is 2. The van der Waals surface area contributed by atoms with Gasteiger partial charge in [0.05, 0.1) is 11.8 Å². The Morgan fingerprint density at radius 2 is 2.10 bits per heavy atom. The van der Waals surface area contributed by atoms with Gasteiger partial charge in [0.15, 0.2) is 0 Å². The zero-order valence-electron chi connectivity index (χ0n) is 11.3. The number of nitrogens with one attached hydrogen (secondary N) is 1. The van der Waals surface area contributed by atoms with E-state index in [4.69, 9.17) is 9.52 Å². The Kier molecular flexibility index (Phi) is 4.93. The number of hydrogen-bond acceptors (Lipinski definition) is 3. The van der Waals surface area contributed by atoms with Crippen LogP contribution in [0.2, 0.25) is 0 Å². The van der Waals surface area contributed by atoms with Crippen molar-refractivity contribution in [3.05, 3.63) is 65.6 Å². The Morgan fingerprint density at radius 1 is 1.24 bits per heavy atom. The van der Waals surface area contributed by atoms with E-state index < -0.39 is 5.97 Å². The summed E-state index contributed by atoms with van der Waals surface area (Å²) in [6.45, 7) is 0.435. The SMILES string of the molecule is O=C(/C=C/c1ccco1)NCCc1cccc(C(=O)O)c1. The number of amides is 1. The molecular weight excluding hydrogens is 270 g/mol. The predicted molar refractivity (Wildman–Crippen MR) is 77.9 cm³/mol. The van der Waals surface area contributed by atoms with Crippen molar-refractivity contribution in [1.29, 1.82) is 0 Å². The first kappa shape index (κ1) is 14.6. The Balaban J connectivity index is 1.80. The second-order valence-electron chi connectivity index (χ2n) is 4.40. The molecule has 0 saturated carbocycles. The normalized spacial score (nSPS) is 10.7. The minimum atomic E-state index is -0.956. The molecule has 0 atom stereocenters. The van der Waals surface area contributed by atoms with Crippen molar-refractivity contribution in [3.8, 4) is 0 Å². The standard InChI is InChI=1S/C16H15NO4/c18-15(7-6-14-5-2-10-21-14)17-9-8-12-3-1-4-13(11-12)16(19)20/h1-7,10-11H,8-9H2,(H,17,18)(H,19,20)/b7-6+. The minimum Gasteiger partial charge on any atom is -0.478 e. The van der Waals surface area contributed by atoms with Crippen molar-refractivity contribution in [3.63, 3.8) is 0 Å². The summed E-state index contributed by atoms with van der Waals surface area (Å²) in [6.07, 6.45) is 5.08. The summed E-state index contributed by atoms with van der Waals surface area (Å²) >= 11 is 0. The number of aromatic carboxylic acids is 1. The fraction of sp³-hybridized carbons (Fsp3) is 0.125. The molecule has 2 aromatic rings. The van der Waals surface area contributed by atoms with Gasteiger partial charge in [0, 0.05) is 12.6 Å². The van der Waals surface area contributed by atoms with Crippen LogP contribution in [0.5, 0.6) is 0 Å². The predicted octanol–water partition coefficient (Wildman–Crippen LogP) is 2.35. The van der Waals surface area contributed by atoms with E-state index in [1.165, 1.54) is 18.4 Å². The molecule has 1 aromatic carbocycles. The number of carbonyl (C=O) groups excluding carboxylic acids is 1. The van der Waals surface area contributed by atoms with E-state index in [0.717, 1.165) is 5.56 Å². The number of rotatable bonds is 6. The van der Waals surface area contributed by atoms with Gasteiger partial charge in [-0.1, -0.05) is 12.1 Å². The average molecular weight is 285 g/mol. The molecule has 5 nitrogen and oxygen atoms in total. The van der Waals surface area contributed by atoms with Gasteiger partial charge in [-0.15, -0.1) is 0 Å². The molecule has 0 aliphatic rings. The van der Waals surface area contributed by atoms with Gasteiger partial charge in [0.2, 0.25) is 5.91 Å². The molecule has 0 bridgehead atoms. The van der Waals surface area contributed by atoms with Crippen molar-refractivity contribution in [2.24, 2.45) is 0 Å². The van der Waals surface area contributed by atoms with Gasteiger partial charge in [-0.25, -0.2) is 4.79 Å². The summed E-state index contributed by atoms with van der Waals surface area (Å²) < 4.78 is 5.07. The molecule has 0 fully saturated rings. The van der Waals surface area contributed by atoms with Crippen LogP contribution in [0.1, 0.15) is 21.7 Å². The number of hydrogen-bond donors (Lipinski definition) is 2. The van der Waals surface area contributed by atoms with E-state index in [9.17, 15) is 9.59 Å². The van der Waals surface area contributed by atoms with Gasteiger partial charge in [-0.05, 0) is 42.3 Å². The van der Waals surface area contributed by atoms with Gasteiger partial charge in [0.1, 0.15) is 5.76 Å². The third-order valence-corrected chi connectivity index (χ3v) is 2.83. The summed E-state index contributed by atoms with van der Waals surface area (Å²) in [4.78, 5) is 22.4. The summed E-state index contributed by atoms with van der Waals surface area (Å²) in [7, 11) is 0. The molecule has 108 valence electrons. The summed E-state index contributed by atoms with van der Waals surface area (Å²) in [5.74, 6) is -0.567. The highest BCUT2D eigenvalue weighted by atomic mass is 16.4. The second kappa shape index (κ2) is 7.09. The zero-order valence-corrected chi connectivity index (χ0v) is 11.3. The zero-order chi connectivity index (χ0) is 15.1. The Hall–Kier alpha value is -2.82. The van der Waals surface area contributed by atoms with Gasteiger partial charge in [-0.3, -0.25) is 4.79 Å². The molecule has 21 heavy (non-hydrogen) atoms. The molecule has 0 unspecified atom stereocenters. The second-order valence-corrected chi connectivity index (χ2v) is 4.40. The van der Waals surface area contributed by atoms with Crippen molar-refractivity contribution in [2.75, 3.05) is 6.54 Å².